The molecule has 2 rings (SSSR count). The van der Waals surface area contributed by atoms with Crippen molar-refractivity contribution in [2.45, 2.75) is 32.3 Å². The van der Waals surface area contributed by atoms with E-state index in [0.29, 0.717) is 6.54 Å². The van der Waals surface area contributed by atoms with E-state index in [0.717, 1.165) is 19.6 Å². The van der Waals surface area contributed by atoms with Crippen LogP contribution in [0.4, 0.5) is 4.39 Å². The average molecular weight is 294 g/mol. The molecule has 4 nitrogen and oxygen atoms in total. The summed E-state index contributed by atoms with van der Waals surface area (Å²) in [6, 6.07) is 6.11. The predicted octanol–water partition coefficient (Wildman–Crippen LogP) is 2.20. The van der Waals surface area contributed by atoms with Gasteiger partial charge in [-0.3, -0.25) is 4.79 Å². The van der Waals surface area contributed by atoms with Crippen molar-refractivity contribution in [3.63, 3.8) is 0 Å². The third kappa shape index (κ3) is 5.01. The molecule has 1 atom stereocenters. The number of carbonyl (C=O) groups is 1. The van der Waals surface area contributed by atoms with Crippen LogP contribution in [-0.2, 0) is 4.79 Å². The average Bonchev–Trinajstić information content (AvgIpc) is 2.50. The molecule has 1 N–H and O–H groups in total. The number of rotatable bonds is 6. The number of benzene rings is 1. The molecule has 1 amide bonds. The summed E-state index contributed by atoms with van der Waals surface area (Å²) in [6.07, 6.45) is 3.07. The molecule has 1 saturated heterocycles. The molecule has 21 heavy (non-hydrogen) atoms. The van der Waals surface area contributed by atoms with Gasteiger partial charge in [0.05, 0.1) is 0 Å². The van der Waals surface area contributed by atoms with Crippen LogP contribution in [0.5, 0.6) is 5.75 Å². The molecule has 1 aliphatic heterocycles. The number of amides is 1. The molecule has 0 aromatic heterocycles. The maximum atomic E-state index is 13.4. The quantitative estimate of drug-likeness (QED) is 0.874. The summed E-state index contributed by atoms with van der Waals surface area (Å²) < 4.78 is 18.8. The van der Waals surface area contributed by atoms with Gasteiger partial charge < -0.3 is 15.0 Å². The molecule has 1 aliphatic rings. The van der Waals surface area contributed by atoms with Gasteiger partial charge >= 0.3 is 0 Å². The fourth-order valence-electron chi connectivity index (χ4n) is 2.45. The number of nitrogens with zero attached hydrogens (tertiary/aromatic N) is 1. The Morgan fingerprint density at radius 2 is 2.05 bits per heavy atom. The number of carbonyl (C=O) groups excluding carboxylic acids is 1. The first-order valence-electron chi connectivity index (χ1n) is 7.58. The second-order valence-electron chi connectivity index (χ2n) is 5.38. The minimum absolute atomic E-state index is 0.108. The molecule has 1 heterocycles. The Labute approximate surface area is 125 Å². The van der Waals surface area contributed by atoms with Gasteiger partial charge in [-0.2, -0.15) is 0 Å². The number of likely N-dealkylation sites (tertiary alicyclic amines) is 1. The van der Waals surface area contributed by atoms with Crippen LogP contribution in [0.2, 0.25) is 0 Å². The highest BCUT2D eigenvalue weighted by molar-refractivity contribution is 5.80. The van der Waals surface area contributed by atoms with Crippen LogP contribution in [0, 0.1) is 5.82 Å². The minimum Gasteiger partial charge on any atom is -0.478 e. The highest BCUT2D eigenvalue weighted by Crippen LogP contribution is 2.16. The van der Waals surface area contributed by atoms with Crippen LogP contribution in [0.25, 0.3) is 0 Å². The van der Waals surface area contributed by atoms with Crippen LogP contribution >= 0.6 is 0 Å². The van der Waals surface area contributed by atoms with Crippen molar-refractivity contribution in [2.24, 2.45) is 0 Å². The SMILES string of the molecule is C[C@@H](Oc1ccccc1F)C(=O)NCCN1CCCCC1. The van der Waals surface area contributed by atoms with Crippen LogP contribution in [0.1, 0.15) is 26.2 Å². The van der Waals surface area contributed by atoms with E-state index < -0.39 is 11.9 Å². The molecule has 116 valence electrons. The van der Waals surface area contributed by atoms with Crippen molar-refractivity contribution in [1.82, 2.24) is 10.2 Å². The predicted molar refractivity (Wildman–Crippen MR) is 79.8 cm³/mol. The lowest BCUT2D eigenvalue weighted by atomic mass is 10.1. The van der Waals surface area contributed by atoms with Gasteiger partial charge in [-0.1, -0.05) is 18.6 Å². The Balaban J connectivity index is 1.71. The van der Waals surface area contributed by atoms with E-state index in [1.165, 1.54) is 31.4 Å². The minimum atomic E-state index is -0.705. The Morgan fingerprint density at radius 1 is 1.33 bits per heavy atom. The van der Waals surface area contributed by atoms with Crippen LogP contribution in [0.3, 0.4) is 0 Å². The molecule has 5 heteroatoms. The Bertz CT molecular complexity index is 461. The molecule has 0 aliphatic carbocycles. The first-order chi connectivity index (χ1) is 10.2. The fraction of sp³-hybridized carbons (Fsp3) is 0.562. The van der Waals surface area contributed by atoms with Crippen molar-refractivity contribution >= 4 is 5.91 Å². The molecular formula is C16H23FN2O2. The first kappa shape index (κ1) is 15.8. The van der Waals surface area contributed by atoms with Gasteiger partial charge in [-0.15, -0.1) is 0 Å². The molecule has 1 fully saturated rings. The fourth-order valence-corrected chi connectivity index (χ4v) is 2.45. The van der Waals surface area contributed by atoms with E-state index in [2.05, 4.69) is 10.2 Å². The van der Waals surface area contributed by atoms with Crippen LogP contribution in [0.15, 0.2) is 24.3 Å². The number of nitrogens with one attached hydrogen (secondary N) is 1. The second kappa shape index (κ2) is 7.98. The summed E-state index contributed by atoms with van der Waals surface area (Å²) in [5.74, 6) is -0.558. The van der Waals surface area contributed by atoms with Crippen LogP contribution < -0.4 is 10.1 Å². The van der Waals surface area contributed by atoms with E-state index in [-0.39, 0.29) is 11.7 Å². The normalized spacial score (nSPS) is 17.2. The van der Waals surface area contributed by atoms with Crippen molar-refractivity contribution in [3.05, 3.63) is 30.1 Å². The molecular weight excluding hydrogens is 271 g/mol. The first-order valence-corrected chi connectivity index (χ1v) is 7.58. The molecule has 0 radical (unpaired) electrons. The van der Waals surface area contributed by atoms with E-state index in [4.69, 9.17) is 4.74 Å². The van der Waals surface area contributed by atoms with Crippen molar-refractivity contribution in [2.75, 3.05) is 26.2 Å². The van der Waals surface area contributed by atoms with Crippen LogP contribution in [-0.4, -0.2) is 43.1 Å². The number of piperidine rings is 1. The van der Waals surface area contributed by atoms with Gasteiger partial charge in [-0.05, 0) is 45.0 Å². The molecule has 0 unspecified atom stereocenters. The summed E-state index contributed by atoms with van der Waals surface area (Å²) in [4.78, 5) is 14.3. The molecule has 0 saturated carbocycles. The van der Waals surface area contributed by atoms with E-state index in [1.807, 2.05) is 0 Å². The number of halogens is 1. The molecule has 1 aromatic carbocycles. The highest BCUT2D eigenvalue weighted by atomic mass is 19.1. The van der Waals surface area contributed by atoms with Gasteiger partial charge in [-0.25, -0.2) is 4.39 Å². The lowest BCUT2D eigenvalue weighted by Crippen LogP contribution is -2.42. The summed E-state index contributed by atoms with van der Waals surface area (Å²) in [7, 11) is 0. The molecule has 0 spiro atoms. The maximum Gasteiger partial charge on any atom is 0.260 e. The third-order valence-electron chi connectivity index (χ3n) is 3.69. The third-order valence-corrected chi connectivity index (χ3v) is 3.69. The summed E-state index contributed by atoms with van der Waals surface area (Å²) in [6.45, 7) is 5.30. The van der Waals surface area contributed by atoms with Crippen molar-refractivity contribution in [3.8, 4) is 5.75 Å². The zero-order valence-corrected chi connectivity index (χ0v) is 12.5. The smallest absolute Gasteiger partial charge is 0.260 e. The zero-order valence-electron chi connectivity index (χ0n) is 12.5. The van der Waals surface area contributed by atoms with Crippen molar-refractivity contribution < 1.29 is 13.9 Å². The lowest BCUT2D eigenvalue weighted by molar-refractivity contribution is -0.127. The molecule has 0 bridgehead atoms. The summed E-state index contributed by atoms with van der Waals surface area (Å²) >= 11 is 0. The maximum absolute atomic E-state index is 13.4. The Kier molecular flexibility index (Phi) is 5.99. The monoisotopic (exact) mass is 294 g/mol. The summed E-state index contributed by atoms with van der Waals surface area (Å²) in [5, 5.41) is 2.84. The number of para-hydroxylation sites is 1. The largest absolute Gasteiger partial charge is 0.478 e. The Morgan fingerprint density at radius 3 is 2.76 bits per heavy atom. The number of hydrogen-bond acceptors (Lipinski definition) is 3. The van der Waals surface area contributed by atoms with E-state index in [9.17, 15) is 9.18 Å². The van der Waals surface area contributed by atoms with Gasteiger partial charge in [0.2, 0.25) is 0 Å². The standard InChI is InChI=1S/C16H23FN2O2/c1-13(21-15-8-4-3-7-14(15)17)16(20)18-9-12-19-10-5-2-6-11-19/h3-4,7-8,13H,2,5-6,9-12H2,1H3,(H,18,20)/t13-/m1/s1. The zero-order chi connectivity index (χ0) is 15.1. The highest BCUT2D eigenvalue weighted by Gasteiger charge is 2.16. The van der Waals surface area contributed by atoms with E-state index in [1.54, 1.807) is 19.1 Å². The van der Waals surface area contributed by atoms with Gasteiger partial charge in [0, 0.05) is 13.1 Å². The molecule has 1 aromatic rings. The number of ether oxygens (including phenoxy) is 1. The van der Waals surface area contributed by atoms with Gasteiger partial charge in [0.25, 0.3) is 5.91 Å². The summed E-state index contributed by atoms with van der Waals surface area (Å²) in [5.41, 5.74) is 0. The second-order valence-corrected chi connectivity index (χ2v) is 5.38. The number of hydrogen-bond donors (Lipinski definition) is 1. The Hall–Kier alpha value is -1.62. The van der Waals surface area contributed by atoms with Gasteiger partial charge in [0.15, 0.2) is 17.7 Å². The van der Waals surface area contributed by atoms with Crippen molar-refractivity contribution in [1.29, 1.82) is 0 Å². The topological polar surface area (TPSA) is 41.6 Å². The van der Waals surface area contributed by atoms with E-state index >= 15 is 0 Å². The lowest BCUT2D eigenvalue weighted by Gasteiger charge is -2.26. The van der Waals surface area contributed by atoms with Gasteiger partial charge in [0.1, 0.15) is 0 Å².